The topological polar surface area (TPSA) is 66.8 Å². The Hall–Kier alpha value is -2.24. The van der Waals surface area contributed by atoms with Crippen molar-refractivity contribution in [1.82, 2.24) is 20.2 Å². The minimum atomic E-state index is 0.627. The van der Waals surface area contributed by atoms with Crippen molar-refractivity contribution < 1.29 is 0 Å². The monoisotopic (exact) mass is 282 g/mol. The molecule has 0 aromatic carbocycles. The predicted molar refractivity (Wildman–Crippen MR) is 80.3 cm³/mol. The molecule has 0 unspecified atom stereocenters. The van der Waals surface area contributed by atoms with E-state index in [-0.39, 0.29) is 0 Å². The van der Waals surface area contributed by atoms with E-state index >= 15 is 0 Å². The first-order valence-corrected chi connectivity index (χ1v) is 7.49. The molecule has 0 atom stereocenters. The summed E-state index contributed by atoms with van der Waals surface area (Å²) in [7, 11) is 0. The smallest absolute Gasteiger partial charge is 0.151 e. The summed E-state index contributed by atoms with van der Waals surface area (Å²) < 4.78 is 0. The molecule has 2 aromatic heterocycles. The molecule has 3 heterocycles. The van der Waals surface area contributed by atoms with E-state index < -0.39 is 0 Å². The van der Waals surface area contributed by atoms with Crippen molar-refractivity contribution in [3.05, 3.63) is 35.9 Å². The lowest BCUT2D eigenvalue weighted by atomic mass is 10.00. The number of hydrogen-bond donors (Lipinski definition) is 1. The molecular formula is C15H18N6. The first-order valence-electron chi connectivity index (χ1n) is 7.49. The summed E-state index contributed by atoms with van der Waals surface area (Å²) in [5.74, 6) is 2.50. The van der Waals surface area contributed by atoms with Crippen molar-refractivity contribution in [2.75, 3.05) is 29.9 Å². The average molecular weight is 282 g/mol. The number of hydrogen-bond acceptors (Lipinski definition) is 6. The Balaban J connectivity index is 1.31. The van der Waals surface area contributed by atoms with Crippen molar-refractivity contribution in [2.24, 2.45) is 5.92 Å². The molecule has 1 saturated heterocycles. The quantitative estimate of drug-likeness (QED) is 0.912. The molecule has 0 bridgehead atoms. The Morgan fingerprint density at radius 2 is 2.14 bits per heavy atom. The Morgan fingerprint density at radius 3 is 3.00 bits per heavy atom. The highest BCUT2D eigenvalue weighted by Gasteiger charge is 2.28. The van der Waals surface area contributed by atoms with E-state index in [0.29, 0.717) is 5.92 Å². The van der Waals surface area contributed by atoms with E-state index in [9.17, 15) is 0 Å². The molecular weight excluding hydrogens is 264 g/mol. The maximum atomic E-state index is 4.36. The van der Waals surface area contributed by atoms with Gasteiger partial charge in [0.25, 0.3) is 0 Å². The fraction of sp³-hybridized carbons (Fsp3) is 0.467. The predicted octanol–water partition coefficient (Wildman–Crippen LogP) is 1.30. The molecule has 1 aliphatic carbocycles. The first kappa shape index (κ1) is 12.5. The van der Waals surface area contributed by atoms with Crippen LogP contribution in [0.5, 0.6) is 0 Å². The summed E-state index contributed by atoms with van der Waals surface area (Å²) in [6.07, 6.45) is 8.61. The summed E-state index contributed by atoms with van der Waals surface area (Å²) in [4.78, 5) is 10.6. The van der Waals surface area contributed by atoms with Crippen molar-refractivity contribution in [2.45, 2.75) is 19.3 Å². The molecule has 6 nitrogen and oxygen atoms in total. The SMILES string of the molecule is c1cnc(NCC2CN(c3cc4c(nn3)CCC4)C2)cn1. The summed E-state index contributed by atoms with van der Waals surface area (Å²) in [6.45, 7) is 2.98. The van der Waals surface area contributed by atoms with Gasteiger partial charge in [0, 0.05) is 37.9 Å². The van der Waals surface area contributed by atoms with Crippen LogP contribution < -0.4 is 10.2 Å². The lowest BCUT2D eigenvalue weighted by Gasteiger charge is -2.40. The van der Waals surface area contributed by atoms with Gasteiger partial charge in [0.1, 0.15) is 5.82 Å². The third-order valence-electron chi connectivity index (χ3n) is 4.22. The van der Waals surface area contributed by atoms with E-state index in [4.69, 9.17) is 0 Å². The van der Waals surface area contributed by atoms with Crippen molar-refractivity contribution >= 4 is 11.6 Å². The van der Waals surface area contributed by atoms with Crippen LogP contribution in [0.2, 0.25) is 0 Å². The van der Waals surface area contributed by atoms with Gasteiger partial charge in [-0.2, -0.15) is 5.10 Å². The Bertz CT molecular complexity index is 623. The third kappa shape index (κ3) is 2.53. The van der Waals surface area contributed by atoms with Gasteiger partial charge in [0.2, 0.25) is 0 Å². The Labute approximate surface area is 123 Å². The largest absolute Gasteiger partial charge is 0.368 e. The second-order valence-corrected chi connectivity index (χ2v) is 5.77. The van der Waals surface area contributed by atoms with Crippen LogP contribution in [0.4, 0.5) is 11.6 Å². The van der Waals surface area contributed by atoms with Crippen LogP contribution in [0.3, 0.4) is 0 Å². The third-order valence-corrected chi connectivity index (χ3v) is 4.22. The molecule has 1 aliphatic heterocycles. The van der Waals surface area contributed by atoms with E-state index in [1.807, 2.05) is 0 Å². The van der Waals surface area contributed by atoms with Gasteiger partial charge in [-0.15, -0.1) is 5.10 Å². The molecule has 0 spiro atoms. The maximum Gasteiger partial charge on any atom is 0.151 e. The minimum Gasteiger partial charge on any atom is -0.368 e. The average Bonchev–Trinajstić information content (AvgIpc) is 2.94. The lowest BCUT2D eigenvalue weighted by Crippen LogP contribution is -2.50. The van der Waals surface area contributed by atoms with Crippen molar-refractivity contribution in [1.29, 1.82) is 0 Å². The molecule has 4 rings (SSSR count). The highest BCUT2D eigenvalue weighted by atomic mass is 15.3. The van der Waals surface area contributed by atoms with E-state index in [1.165, 1.54) is 17.7 Å². The zero-order chi connectivity index (χ0) is 14.1. The molecule has 1 fully saturated rings. The number of nitrogens with one attached hydrogen (secondary N) is 1. The van der Waals surface area contributed by atoms with Gasteiger partial charge in [0.15, 0.2) is 5.82 Å². The van der Waals surface area contributed by atoms with Crippen LogP contribution >= 0.6 is 0 Å². The molecule has 2 aromatic rings. The molecule has 21 heavy (non-hydrogen) atoms. The van der Waals surface area contributed by atoms with E-state index in [2.05, 4.69) is 36.4 Å². The maximum absolute atomic E-state index is 4.36. The van der Waals surface area contributed by atoms with Gasteiger partial charge in [-0.3, -0.25) is 4.98 Å². The second kappa shape index (κ2) is 5.27. The van der Waals surface area contributed by atoms with Crippen LogP contribution in [0.15, 0.2) is 24.7 Å². The Morgan fingerprint density at radius 1 is 1.19 bits per heavy atom. The van der Waals surface area contributed by atoms with Crippen molar-refractivity contribution in [3.8, 4) is 0 Å². The van der Waals surface area contributed by atoms with Crippen molar-refractivity contribution in [3.63, 3.8) is 0 Å². The Kier molecular flexibility index (Phi) is 3.14. The number of aromatic nitrogens is 4. The van der Waals surface area contributed by atoms with Crippen LogP contribution in [0.25, 0.3) is 0 Å². The molecule has 108 valence electrons. The second-order valence-electron chi connectivity index (χ2n) is 5.77. The van der Waals surface area contributed by atoms with Gasteiger partial charge in [-0.05, 0) is 30.9 Å². The van der Waals surface area contributed by atoms with Gasteiger partial charge >= 0.3 is 0 Å². The molecule has 1 N–H and O–H groups in total. The summed E-state index contributed by atoms with van der Waals surface area (Å²) in [5, 5.41) is 12.0. The standard InChI is InChI=1S/C15H18N6/c1-2-12-6-15(20-19-13(12)3-1)21-9-11(10-21)7-18-14-8-16-4-5-17-14/h4-6,8,11H,1-3,7,9-10H2,(H,17,18). The molecule has 0 amide bonds. The fourth-order valence-corrected chi connectivity index (χ4v) is 3.00. The van der Waals surface area contributed by atoms with Crippen LogP contribution in [0.1, 0.15) is 17.7 Å². The fourth-order valence-electron chi connectivity index (χ4n) is 3.00. The van der Waals surface area contributed by atoms with Gasteiger partial charge in [0.05, 0.1) is 11.9 Å². The molecule has 2 aliphatic rings. The normalized spacial score (nSPS) is 17.4. The van der Waals surface area contributed by atoms with E-state index in [1.54, 1.807) is 18.6 Å². The molecule has 6 heteroatoms. The van der Waals surface area contributed by atoms with Crippen LogP contribution in [-0.2, 0) is 12.8 Å². The zero-order valence-electron chi connectivity index (χ0n) is 11.9. The highest BCUT2D eigenvalue weighted by molar-refractivity contribution is 5.45. The number of rotatable bonds is 4. The zero-order valence-corrected chi connectivity index (χ0v) is 11.9. The number of anilines is 2. The van der Waals surface area contributed by atoms with Gasteiger partial charge in [-0.1, -0.05) is 0 Å². The van der Waals surface area contributed by atoms with Crippen LogP contribution in [-0.4, -0.2) is 39.8 Å². The first-order chi connectivity index (χ1) is 10.4. The van der Waals surface area contributed by atoms with Gasteiger partial charge < -0.3 is 10.2 Å². The summed E-state index contributed by atoms with van der Waals surface area (Å²) >= 11 is 0. The molecule has 0 radical (unpaired) electrons. The summed E-state index contributed by atoms with van der Waals surface area (Å²) in [5.41, 5.74) is 2.58. The highest BCUT2D eigenvalue weighted by Crippen LogP contribution is 2.27. The summed E-state index contributed by atoms with van der Waals surface area (Å²) in [6, 6.07) is 2.22. The molecule has 0 saturated carbocycles. The lowest BCUT2D eigenvalue weighted by molar-refractivity contribution is 0.425. The number of nitrogens with zero attached hydrogens (tertiary/aromatic N) is 5. The number of aryl methyl sites for hydroxylation is 2. The minimum absolute atomic E-state index is 0.627. The van der Waals surface area contributed by atoms with Crippen LogP contribution in [0, 0.1) is 5.92 Å². The number of fused-ring (bicyclic) bond motifs is 1. The van der Waals surface area contributed by atoms with E-state index in [0.717, 1.165) is 44.1 Å². The van der Waals surface area contributed by atoms with Gasteiger partial charge in [-0.25, -0.2) is 4.98 Å².